The minimum absolute atomic E-state index is 0.134. The Kier molecular flexibility index (Phi) is 5.80. The molecule has 0 aromatic heterocycles. The molecular formula is C17H15N3O3. The maximum atomic E-state index is 11.6. The number of para-hydroxylation sites is 1. The van der Waals surface area contributed by atoms with Crippen molar-refractivity contribution in [3.05, 3.63) is 81.9 Å². The molecule has 0 fully saturated rings. The van der Waals surface area contributed by atoms with Gasteiger partial charge in [-0.3, -0.25) is 0 Å². The Labute approximate surface area is 133 Å². The molecule has 0 saturated carbocycles. The van der Waals surface area contributed by atoms with Crippen molar-refractivity contribution < 1.29 is 14.3 Å². The Balaban J connectivity index is 2.26. The number of methoxy groups -OCH3 is 1. The number of hydrogen-bond acceptors (Lipinski definition) is 4. The number of rotatable bonds is 6. The lowest BCUT2D eigenvalue weighted by molar-refractivity contribution is -0.136. The average molecular weight is 309 g/mol. The maximum Gasteiger partial charge on any atom is 0.340 e. The van der Waals surface area contributed by atoms with Crippen LogP contribution in [0.1, 0.15) is 11.1 Å². The first-order valence-corrected chi connectivity index (χ1v) is 6.85. The highest BCUT2D eigenvalue weighted by atomic mass is 16.5. The lowest BCUT2D eigenvalue weighted by atomic mass is 10.1. The van der Waals surface area contributed by atoms with Gasteiger partial charge < -0.3 is 9.47 Å². The van der Waals surface area contributed by atoms with E-state index in [4.69, 9.17) is 10.3 Å². The molecule has 6 nitrogen and oxygen atoms in total. The number of hydrogen-bond donors (Lipinski definition) is 0. The van der Waals surface area contributed by atoms with Gasteiger partial charge >= 0.3 is 5.97 Å². The van der Waals surface area contributed by atoms with Crippen LogP contribution in [-0.4, -0.2) is 13.1 Å². The third-order valence-corrected chi connectivity index (χ3v) is 3.00. The second-order valence-electron chi connectivity index (χ2n) is 4.52. The van der Waals surface area contributed by atoms with E-state index in [0.717, 1.165) is 5.56 Å². The molecule has 0 amide bonds. The lowest BCUT2D eigenvalue weighted by Crippen LogP contribution is -2.02. The van der Waals surface area contributed by atoms with Gasteiger partial charge in [0.2, 0.25) is 0 Å². The molecule has 0 atom stereocenters. The number of ether oxygens (including phenoxy) is 2. The summed E-state index contributed by atoms with van der Waals surface area (Å²) in [6.07, 6.45) is 1.44. The highest BCUT2D eigenvalue weighted by Gasteiger charge is 2.09. The van der Waals surface area contributed by atoms with Crippen LogP contribution in [0.2, 0.25) is 0 Å². The van der Waals surface area contributed by atoms with Crippen LogP contribution in [-0.2, 0) is 16.1 Å². The number of carbonyl (C=O) groups is 1. The largest absolute Gasteiger partial charge is 0.488 e. The van der Waals surface area contributed by atoms with Gasteiger partial charge in [0.05, 0.1) is 7.11 Å². The first-order chi connectivity index (χ1) is 11.2. The first-order valence-electron chi connectivity index (χ1n) is 6.85. The zero-order chi connectivity index (χ0) is 16.5. The molecule has 2 aromatic carbocycles. The second-order valence-corrected chi connectivity index (χ2v) is 4.52. The summed E-state index contributed by atoms with van der Waals surface area (Å²) in [5.74, 6) is -0.133. The SMILES string of the molecule is COC(=O)C(=Cc1ccccc1OCc1ccccc1)N=[N+]=[N-]. The molecule has 6 heteroatoms. The minimum atomic E-state index is -0.708. The average Bonchev–Trinajstić information content (AvgIpc) is 2.60. The van der Waals surface area contributed by atoms with E-state index in [2.05, 4.69) is 14.8 Å². The number of benzene rings is 2. The van der Waals surface area contributed by atoms with Crippen LogP contribution >= 0.6 is 0 Å². The Morgan fingerprint density at radius 1 is 1.17 bits per heavy atom. The van der Waals surface area contributed by atoms with Gasteiger partial charge in [-0.2, -0.15) is 0 Å². The smallest absolute Gasteiger partial charge is 0.340 e. The fourth-order valence-electron chi connectivity index (χ4n) is 1.90. The van der Waals surface area contributed by atoms with Crippen molar-refractivity contribution in [1.29, 1.82) is 0 Å². The summed E-state index contributed by atoms with van der Waals surface area (Å²) in [6, 6.07) is 16.9. The Bertz CT molecular complexity index is 751. The van der Waals surface area contributed by atoms with Crippen molar-refractivity contribution >= 4 is 12.0 Å². The molecule has 0 heterocycles. The van der Waals surface area contributed by atoms with Crippen LogP contribution in [0.4, 0.5) is 0 Å². The summed E-state index contributed by atoms with van der Waals surface area (Å²) >= 11 is 0. The van der Waals surface area contributed by atoms with E-state index in [0.29, 0.717) is 17.9 Å². The van der Waals surface area contributed by atoms with Gasteiger partial charge in [0.15, 0.2) is 0 Å². The summed E-state index contributed by atoms with van der Waals surface area (Å²) in [7, 11) is 1.22. The van der Waals surface area contributed by atoms with Crippen molar-refractivity contribution in [2.75, 3.05) is 7.11 Å². The molecule has 0 spiro atoms. The summed E-state index contributed by atoms with van der Waals surface area (Å²) in [5, 5.41) is 3.36. The molecule has 2 aromatic rings. The Morgan fingerprint density at radius 2 is 1.87 bits per heavy atom. The Morgan fingerprint density at radius 3 is 2.57 bits per heavy atom. The predicted molar refractivity (Wildman–Crippen MR) is 86.4 cm³/mol. The first kappa shape index (κ1) is 16.1. The highest BCUT2D eigenvalue weighted by Crippen LogP contribution is 2.23. The van der Waals surface area contributed by atoms with Crippen LogP contribution in [0.3, 0.4) is 0 Å². The van der Waals surface area contributed by atoms with Crippen LogP contribution in [0.25, 0.3) is 16.5 Å². The molecule has 116 valence electrons. The van der Waals surface area contributed by atoms with Gasteiger partial charge in [0.25, 0.3) is 0 Å². The third-order valence-electron chi connectivity index (χ3n) is 3.00. The monoisotopic (exact) mass is 309 g/mol. The van der Waals surface area contributed by atoms with Gasteiger partial charge in [0.1, 0.15) is 18.1 Å². The minimum Gasteiger partial charge on any atom is -0.488 e. The van der Waals surface area contributed by atoms with Gasteiger partial charge in [-0.15, -0.1) is 0 Å². The molecule has 0 aliphatic heterocycles. The van der Waals surface area contributed by atoms with Crippen molar-refractivity contribution in [2.45, 2.75) is 6.61 Å². The molecule has 0 N–H and O–H groups in total. The molecule has 0 saturated heterocycles. The zero-order valence-electron chi connectivity index (χ0n) is 12.5. The molecule has 2 rings (SSSR count). The standard InChI is InChI=1S/C17H15N3O3/c1-22-17(21)15(19-20-18)11-14-9-5-6-10-16(14)23-12-13-7-3-2-4-8-13/h2-11H,12H2,1H3. The van der Waals surface area contributed by atoms with Crippen LogP contribution in [0, 0.1) is 0 Å². The van der Waals surface area contributed by atoms with Gasteiger partial charge in [-0.05, 0) is 23.2 Å². The Hall–Kier alpha value is -3.24. The summed E-state index contributed by atoms with van der Waals surface area (Å²) < 4.78 is 10.4. The third kappa shape index (κ3) is 4.62. The predicted octanol–water partition coefficient (Wildman–Crippen LogP) is 4.09. The quantitative estimate of drug-likeness (QED) is 0.265. The van der Waals surface area contributed by atoms with E-state index < -0.39 is 5.97 Å². The van der Waals surface area contributed by atoms with Crippen molar-refractivity contribution in [3.63, 3.8) is 0 Å². The lowest BCUT2D eigenvalue weighted by Gasteiger charge is -2.09. The van der Waals surface area contributed by atoms with Gasteiger partial charge in [-0.25, -0.2) is 4.79 Å². The van der Waals surface area contributed by atoms with E-state index in [9.17, 15) is 4.79 Å². The molecule has 0 unspecified atom stereocenters. The van der Waals surface area contributed by atoms with Crippen molar-refractivity contribution in [2.24, 2.45) is 5.11 Å². The van der Waals surface area contributed by atoms with E-state index in [1.165, 1.54) is 13.2 Å². The maximum absolute atomic E-state index is 11.6. The molecule has 0 bridgehead atoms. The summed E-state index contributed by atoms with van der Waals surface area (Å²) in [4.78, 5) is 14.2. The highest BCUT2D eigenvalue weighted by molar-refractivity contribution is 5.93. The second kappa shape index (κ2) is 8.26. The number of carbonyl (C=O) groups excluding carboxylic acids is 1. The fourth-order valence-corrected chi connectivity index (χ4v) is 1.90. The number of nitrogens with zero attached hydrogens (tertiary/aromatic N) is 3. The van der Waals surface area contributed by atoms with Gasteiger partial charge in [-0.1, -0.05) is 53.6 Å². The van der Waals surface area contributed by atoms with Gasteiger partial charge in [0, 0.05) is 10.5 Å². The molecule has 23 heavy (non-hydrogen) atoms. The van der Waals surface area contributed by atoms with E-state index in [1.807, 2.05) is 36.4 Å². The topological polar surface area (TPSA) is 84.3 Å². The van der Waals surface area contributed by atoms with E-state index >= 15 is 0 Å². The van der Waals surface area contributed by atoms with Crippen LogP contribution in [0.5, 0.6) is 5.75 Å². The number of azide groups is 1. The van der Waals surface area contributed by atoms with Crippen LogP contribution < -0.4 is 4.74 Å². The normalized spacial score (nSPS) is 10.6. The molecule has 0 aliphatic rings. The fraction of sp³-hybridized carbons (Fsp3) is 0.118. The summed E-state index contributed by atoms with van der Waals surface area (Å²) in [5.41, 5.74) is 10.1. The molecule has 0 radical (unpaired) electrons. The molecule has 0 aliphatic carbocycles. The van der Waals surface area contributed by atoms with Crippen LogP contribution in [0.15, 0.2) is 65.4 Å². The summed E-state index contributed by atoms with van der Waals surface area (Å²) in [6.45, 7) is 0.390. The van der Waals surface area contributed by atoms with E-state index in [1.54, 1.807) is 18.2 Å². The zero-order valence-corrected chi connectivity index (χ0v) is 12.5. The van der Waals surface area contributed by atoms with E-state index in [-0.39, 0.29) is 5.70 Å². The van der Waals surface area contributed by atoms with Crippen molar-refractivity contribution in [1.82, 2.24) is 0 Å². The van der Waals surface area contributed by atoms with Crippen molar-refractivity contribution in [3.8, 4) is 5.75 Å². The number of esters is 1. The molecular weight excluding hydrogens is 294 g/mol.